The van der Waals surface area contributed by atoms with Crippen LogP contribution in [0.25, 0.3) is 0 Å². The highest BCUT2D eigenvalue weighted by Gasteiger charge is 2.26. The fourth-order valence-corrected chi connectivity index (χ4v) is 3.33. The number of nitrogens with two attached hydrogens (primary N) is 2. The highest BCUT2D eigenvalue weighted by atomic mass is 16.2. The molecule has 1 fully saturated rings. The lowest BCUT2D eigenvalue weighted by Gasteiger charge is -2.31. The van der Waals surface area contributed by atoms with E-state index in [-0.39, 0.29) is 24.8 Å². The molecule has 0 aromatic heterocycles. The zero-order valence-electron chi connectivity index (χ0n) is 13.6. The molecule has 1 aliphatic rings. The average Bonchev–Trinajstić information content (AvgIpc) is 2.36. The number of primary amides is 2. The van der Waals surface area contributed by atoms with Gasteiger partial charge in [-0.25, -0.2) is 0 Å². The fraction of sp³-hybridized carbons (Fsp3) is 0.812. The maximum absolute atomic E-state index is 12.1. The normalized spacial score (nSPS) is 23.0. The number of hydrogen-bond acceptors (Lipinski definition) is 3. The lowest BCUT2D eigenvalue weighted by Crippen LogP contribution is -2.41. The Kier molecular flexibility index (Phi) is 7.35. The Morgan fingerprint density at radius 2 is 1.82 bits per heavy atom. The standard InChI is InChI=1S/C16H29N3O3/c1-10(2)6-11-4-3-5-13(7-11)19-15(21)9-12(16(18)22)8-14(17)20/h10-13H,3-9H2,1-2H3,(H2,17,20)(H2,18,22)(H,19,21). The minimum absolute atomic E-state index is 0.0659. The van der Waals surface area contributed by atoms with Crippen LogP contribution >= 0.6 is 0 Å². The largest absolute Gasteiger partial charge is 0.370 e. The Morgan fingerprint density at radius 3 is 2.36 bits per heavy atom. The van der Waals surface area contributed by atoms with E-state index in [2.05, 4.69) is 19.2 Å². The van der Waals surface area contributed by atoms with Crippen molar-refractivity contribution in [2.45, 2.75) is 64.8 Å². The summed E-state index contributed by atoms with van der Waals surface area (Å²) >= 11 is 0. The van der Waals surface area contributed by atoms with Gasteiger partial charge >= 0.3 is 0 Å². The van der Waals surface area contributed by atoms with E-state index in [1.54, 1.807) is 0 Å². The fourth-order valence-electron chi connectivity index (χ4n) is 3.33. The zero-order chi connectivity index (χ0) is 16.7. The summed E-state index contributed by atoms with van der Waals surface area (Å²) in [6.45, 7) is 4.42. The second-order valence-corrected chi connectivity index (χ2v) is 6.90. The smallest absolute Gasteiger partial charge is 0.221 e. The Balaban J connectivity index is 2.45. The molecular weight excluding hydrogens is 282 g/mol. The molecule has 1 saturated carbocycles. The highest BCUT2D eigenvalue weighted by molar-refractivity contribution is 5.88. The molecule has 0 aromatic rings. The number of hydrogen-bond donors (Lipinski definition) is 3. The maximum Gasteiger partial charge on any atom is 0.221 e. The molecule has 0 saturated heterocycles. The molecule has 3 amide bonds. The van der Waals surface area contributed by atoms with Gasteiger partial charge in [-0.3, -0.25) is 14.4 Å². The van der Waals surface area contributed by atoms with Gasteiger partial charge in [0, 0.05) is 18.9 Å². The Bertz CT molecular complexity index is 409. The van der Waals surface area contributed by atoms with Crippen LogP contribution in [-0.4, -0.2) is 23.8 Å². The predicted molar refractivity (Wildman–Crippen MR) is 84.5 cm³/mol. The molecule has 0 radical (unpaired) electrons. The predicted octanol–water partition coefficient (Wildman–Crippen LogP) is 1.07. The van der Waals surface area contributed by atoms with Crippen molar-refractivity contribution in [1.82, 2.24) is 5.32 Å². The second kappa shape index (κ2) is 8.76. The van der Waals surface area contributed by atoms with Crippen LogP contribution in [0.5, 0.6) is 0 Å². The van der Waals surface area contributed by atoms with Crippen LogP contribution in [0.3, 0.4) is 0 Å². The number of carbonyl (C=O) groups is 3. The summed E-state index contributed by atoms with van der Waals surface area (Å²) in [5, 5.41) is 2.98. The van der Waals surface area contributed by atoms with E-state index in [0.29, 0.717) is 11.8 Å². The molecule has 0 aromatic carbocycles. The molecule has 0 bridgehead atoms. The van der Waals surface area contributed by atoms with Crippen molar-refractivity contribution in [2.75, 3.05) is 0 Å². The van der Waals surface area contributed by atoms with E-state index in [4.69, 9.17) is 11.5 Å². The van der Waals surface area contributed by atoms with Gasteiger partial charge < -0.3 is 16.8 Å². The van der Waals surface area contributed by atoms with Crippen LogP contribution in [0.2, 0.25) is 0 Å². The molecule has 6 nitrogen and oxygen atoms in total. The van der Waals surface area contributed by atoms with Crippen LogP contribution in [-0.2, 0) is 14.4 Å². The summed E-state index contributed by atoms with van der Waals surface area (Å²) in [5.41, 5.74) is 10.3. The molecule has 0 aliphatic heterocycles. The third kappa shape index (κ3) is 6.91. The van der Waals surface area contributed by atoms with Crippen LogP contribution in [0.15, 0.2) is 0 Å². The van der Waals surface area contributed by atoms with E-state index in [0.717, 1.165) is 19.3 Å². The molecule has 6 heteroatoms. The first-order valence-electron chi connectivity index (χ1n) is 8.14. The Morgan fingerprint density at radius 1 is 1.14 bits per heavy atom. The summed E-state index contributed by atoms with van der Waals surface area (Å²) in [7, 11) is 0. The van der Waals surface area contributed by atoms with Gasteiger partial charge in [-0.15, -0.1) is 0 Å². The first kappa shape index (κ1) is 18.5. The second-order valence-electron chi connectivity index (χ2n) is 6.90. The minimum atomic E-state index is -0.812. The molecule has 126 valence electrons. The van der Waals surface area contributed by atoms with Gasteiger partial charge in [-0.1, -0.05) is 26.7 Å². The molecule has 22 heavy (non-hydrogen) atoms. The summed E-state index contributed by atoms with van der Waals surface area (Å²) in [5.74, 6) is -1.000. The van der Waals surface area contributed by atoms with Gasteiger partial charge in [0.15, 0.2) is 0 Å². The van der Waals surface area contributed by atoms with Crippen molar-refractivity contribution in [3.8, 4) is 0 Å². The lowest BCUT2D eigenvalue weighted by molar-refractivity contribution is -0.131. The van der Waals surface area contributed by atoms with Crippen LogP contribution in [0, 0.1) is 17.8 Å². The first-order chi connectivity index (χ1) is 10.3. The first-order valence-corrected chi connectivity index (χ1v) is 8.14. The molecule has 1 aliphatic carbocycles. The monoisotopic (exact) mass is 311 g/mol. The highest BCUT2D eigenvalue weighted by Crippen LogP contribution is 2.29. The lowest BCUT2D eigenvalue weighted by atomic mass is 9.81. The van der Waals surface area contributed by atoms with Crippen LogP contribution in [0.1, 0.15) is 58.8 Å². The summed E-state index contributed by atoms with van der Waals surface area (Å²) in [6.07, 6.45) is 5.22. The number of rotatable bonds is 8. The van der Waals surface area contributed by atoms with E-state index in [9.17, 15) is 14.4 Å². The van der Waals surface area contributed by atoms with Crippen molar-refractivity contribution < 1.29 is 14.4 Å². The number of amides is 3. The molecule has 1 rings (SSSR count). The van der Waals surface area contributed by atoms with E-state index >= 15 is 0 Å². The third-order valence-electron chi connectivity index (χ3n) is 4.23. The van der Waals surface area contributed by atoms with E-state index in [1.165, 1.54) is 12.8 Å². The molecular formula is C16H29N3O3. The van der Waals surface area contributed by atoms with Gasteiger partial charge in [-0.05, 0) is 31.1 Å². The van der Waals surface area contributed by atoms with Crippen molar-refractivity contribution in [2.24, 2.45) is 29.2 Å². The Labute approximate surface area is 132 Å². The van der Waals surface area contributed by atoms with Gasteiger partial charge in [0.25, 0.3) is 0 Å². The minimum Gasteiger partial charge on any atom is -0.370 e. The quantitative estimate of drug-likeness (QED) is 0.622. The summed E-state index contributed by atoms with van der Waals surface area (Å²) in [6, 6.07) is 0.159. The van der Waals surface area contributed by atoms with Crippen molar-refractivity contribution in [1.29, 1.82) is 0 Å². The van der Waals surface area contributed by atoms with Crippen LogP contribution in [0.4, 0.5) is 0 Å². The maximum atomic E-state index is 12.1. The molecule has 5 N–H and O–H groups in total. The molecule has 3 unspecified atom stereocenters. The number of nitrogens with one attached hydrogen (secondary N) is 1. The van der Waals surface area contributed by atoms with Gasteiger partial charge in [0.05, 0.1) is 5.92 Å². The summed E-state index contributed by atoms with van der Waals surface area (Å²) < 4.78 is 0. The van der Waals surface area contributed by atoms with Gasteiger partial charge in [-0.2, -0.15) is 0 Å². The third-order valence-corrected chi connectivity index (χ3v) is 4.23. The van der Waals surface area contributed by atoms with Gasteiger partial charge in [0.2, 0.25) is 17.7 Å². The van der Waals surface area contributed by atoms with Crippen molar-refractivity contribution in [3.05, 3.63) is 0 Å². The van der Waals surface area contributed by atoms with Gasteiger partial charge in [0.1, 0.15) is 0 Å². The average molecular weight is 311 g/mol. The topological polar surface area (TPSA) is 115 Å². The number of carbonyl (C=O) groups excluding carboxylic acids is 3. The zero-order valence-corrected chi connectivity index (χ0v) is 13.6. The van der Waals surface area contributed by atoms with E-state index in [1.807, 2.05) is 0 Å². The molecule has 0 spiro atoms. The molecule has 0 heterocycles. The van der Waals surface area contributed by atoms with Crippen LogP contribution < -0.4 is 16.8 Å². The summed E-state index contributed by atoms with van der Waals surface area (Å²) in [4.78, 5) is 34.2. The van der Waals surface area contributed by atoms with Crippen molar-refractivity contribution >= 4 is 17.7 Å². The van der Waals surface area contributed by atoms with Crippen molar-refractivity contribution in [3.63, 3.8) is 0 Å². The Hall–Kier alpha value is -1.59. The van der Waals surface area contributed by atoms with E-state index < -0.39 is 17.7 Å². The molecule has 3 atom stereocenters. The SMILES string of the molecule is CC(C)CC1CCCC(NC(=O)CC(CC(N)=O)C(N)=O)C1.